The number of hydrogen-bond acceptors (Lipinski definition) is 10. The van der Waals surface area contributed by atoms with Gasteiger partial charge in [-0.25, -0.2) is 24.5 Å². The van der Waals surface area contributed by atoms with Crippen LogP contribution in [0.2, 0.25) is 0 Å². The normalized spacial score (nSPS) is 10.4. The van der Waals surface area contributed by atoms with Crippen LogP contribution in [0.25, 0.3) is 22.8 Å². The van der Waals surface area contributed by atoms with Crippen molar-refractivity contribution in [2.45, 2.75) is 20.8 Å². The molecular formula is C25H25N3O7. The van der Waals surface area contributed by atoms with Gasteiger partial charge >= 0.3 is 17.9 Å². The van der Waals surface area contributed by atoms with Crippen LogP contribution in [0.1, 0.15) is 41.7 Å². The molecule has 3 aromatic heterocycles. The summed E-state index contributed by atoms with van der Waals surface area (Å²) in [6, 6.07) is 13.1. The molecule has 0 aliphatic heterocycles. The van der Waals surface area contributed by atoms with Gasteiger partial charge < -0.3 is 18.9 Å². The van der Waals surface area contributed by atoms with E-state index in [2.05, 4.69) is 15.0 Å². The molecule has 0 N–H and O–H groups in total. The summed E-state index contributed by atoms with van der Waals surface area (Å²) >= 11 is 0. The summed E-state index contributed by atoms with van der Waals surface area (Å²) in [5.41, 5.74) is 1.89. The number of rotatable bonds is 10. The van der Waals surface area contributed by atoms with E-state index in [-0.39, 0.29) is 37.8 Å². The first-order valence-corrected chi connectivity index (χ1v) is 11.0. The molecule has 0 fully saturated rings. The molecule has 0 atom stereocenters. The Kier molecular flexibility index (Phi) is 8.82. The van der Waals surface area contributed by atoms with Crippen LogP contribution >= 0.6 is 0 Å². The number of hydrogen-bond donors (Lipinski definition) is 0. The Morgan fingerprint density at radius 2 is 1.20 bits per heavy atom. The van der Waals surface area contributed by atoms with Crippen LogP contribution in [0, 0.1) is 0 Å². The predicted octanol–water partition coefficient (Wildman–Crippen LogP) is 3.50. The summed E-state index contributed by atoms with van der Waals surface area (Å²) in [4.78, 5) is 48.7. The van der Waals surface area contributed by atoms with Gasteiger partial charge in [0.2, 0.25) is 0 Å². The largest absolute Gasteiger partial charge is 0.490 e. The number of aromatic nitrogens is 3. The van der Waals surface area contributed by atoms with Crippen LogP contribution in [0.5, 0.6) is 5.75 Å². The van der Waals surface area contributed by atoms with Crippen molar-refractivity contribution in [3.8, 4) is 28.5 Å². The zero-order valence-electron chi connectivity index (χ0n) is 19.6. The summed E-state index contributed by atoms with van der Waals surface area (Å²) in [6.07, 6.45) is 0. The summed E-state index contributed by atoms with van der Waals surface area (Å²) in [5, 5.41) is 0. The highest BCUT2D eigenvalue weighted by Crippen LogP contribution is 2.27. The van der Waals surface area contributed by atoms with Gasteiger partial charge in [0.1, 0.15) is 30.4 Å². The highest BCUT2D eigenvalue weighted by atomic mass is 16.6. The van der Waals surface area contributed by atoms with Gasteiger partial charge in [-0.3, -0.25) is 4.79 Å². The van der Waals surface area contributed by atoms with E-state index >= 15 is 0 Å². The zero-order chi connectivity index (χ0) is 25.2. The maximum absolute atomic E-state index is 12.1. The molecule has 0 amide bonds. The molecule has 0 saturated carbocycles. The minimum absolute atomic E-state index is 0.0650. The molecule has 182 valence electrons. The second-order valence-corrected chi connectivity index (χ2v) is 7.02. The smallest absolute Gasteiger partial charge is 0.356 e. The van der Waals surface area contributed by atoms with Crippen molar-refractivity contribution >= 4 is 17.9 Å². The van der Waals surface area contributed by atoms with Gasteiger partial charge in [0.05, 0.1) is 36.0 Å². The van der Waals surface area contributed by atoms with Crippen molar-refractivity contribution in [3.63, 3.8) is 0 Å². The van der Waals surface area contributed by atoms with Gasteiger partial charge in [0, 0.05) is 19.1 Å². The third-order valence-electron chi connectivity index (χ3n) is 4.45. The van der Waals surface area contributed by atoms with Gasteiger partial charge in [-0.2, -0.15) is 0 Å². The fourth-order valence-electron chi connectivity index (χ4n) is 2.99. The first-order valence-electron chi connectivity index (χ1n) is 11.0. The second-order valence-electron chi connectivity index (χ2n) is 7.02. The first kappa shape index (κ1) is 25.3. The van der Waals surface area contributed by atoms with Crippen molar-refractivity contribution in [1.29, 1.82) is 0 Å². The van der Waals surface area contributed by atoms with Crippen molar-refractivity contribution in [2.24, 2.45) is 0 Å². The van der Waals surface area contributed by atoms with E-state index in [4.69, 9.17) is 18.9 Å². The summed E-state index contributed by atoms with van der Waals surface area (Å²) in [6.45, 7) is 5.35. The molecular weight excluding hydrogens is 454 g/mol. The Morgan fingerprint density at radius 3 is 1.66 bits per heavy atom. The average molecular weight is 479 g/mol. The lowest BCUT2D eigenvalue weighted by Gasteiger charge is -2.11. The number of pyridine rings is 3. The summed E-state index contributed by atoms with van der Waals surface area (Å²) in [5.74, 6) is -1.10. The van der Waals surface area contributed by atoms with E-state index in [0.29, 0.717) is 28.5 Å². The minimum atomic E-state index is -0.549. The SMILES string of the molecule is CCOC(=O)c1cccc(-c2cc(OCCOC(C)=O)cc(-c3cccc(C(=O)OCC)n3)n2)n1. The highest BCUT2D eigenvalue weighted by molar-refractivity contribution is 5.88. The molecule has 3 heterocycles. The lowest BCUT2D eigenvalue weighted by Crippen LogP contribution is -2.10. The van der Waals surface area contributed by atoms with Crippen molar-refractivity contribution < 1.29 is 33.3 Å². The lowest BCUT2D eigenvalue weighted by atomic mass is 10.1. The number of nitrogens with zero attached hydrogens (tertiary/aromatic N) is 3. The fourth-order valence-corrected chi connectivity index (χ4v) is 2.99. The van der Waals surface area contributed by atoms with Gasteiger partial charge in [-0.1, -0.05) is 12.1 Å². The topological polar surface area (TPSA) is 127 Å². The third-order valence-corrected chi connectivity index (χ3v) is 4.45. The van der Waals surface area contributed by atoms with Gasteiger partial charge in [0.25, 0.3) is 0 Å². The van der Waals surface area contributed by atoms with Crippen molar-refractivity contribution in [2.75, 3.05) is 26.4 Å². The lowest BCUT2D eigenvalue weighted by molar-refractivity contribution is -0.141. The molecule has 0 radical (unpaired) electrons. The Bertz CT molecular complexity index is 1130. The number of carbonyl (C=O) groups is 3. The Labute approximate surface area is 202 Å². The first-order chi connectivity index (χ1) is 16.9. The molecule has 0 bridgehead atoms. The van der Waals surface area contributed by atoms with E-state index in [1.807, 2.05) is 0 Å². The Hall–Kier alpha value is -4.34. The second kappa shape index (κ2) is 12.2. The summed E-state index contributed by atoms with van der Waals surface area (Å²) < 4.78 is 20.7. The maximum Gasteiger partial charge on any atom is 0.356 e. The highest BCUT2D eigenvalue weighted by Gasteiger charge is 2.15. The molecule has 3 aromatic rings. The van der Waals surface area contributed by atoms with E-state index in [0.717, 1.165) is 0 Å². The molecule has 0 saturated heterocycles. The van der Waals surface area contributed by atoms with Crippen molar-refractivity contribution in [1.82, 2.24) is 15.0 Å². The predicted molar refractivity (Wildman–Crippen MR) is 125 cm³/mol. The van der Waals surface area contributed by atoms with Gasteiger partial charge in [-0.05, 0) is 38.1 Å². The van der Waals surface area contributed by atoms with Crippen molar-refractivity contribution in [3.05, 3.63) is 59.9 Å². The van der Waals surface area contributed by atoms with E-state index < -0.39 is 17.9 Å². The standard InChI is InChI=1S/C25H25N3O7/c1-4-32-24(30)20-10-6-8-18(26-20)22-14-17(35-13-12-34-16(3)29)15-23(28-22)19-9-7-11-21(27-19)25(31)33-5-2/h6-11,14-15H,4-5,12-13H2,1-3H3. The van der Waals surface area contributed by atoms with E-state index in [9.17, 15) is 14.4 Å². The molecule has 10 heteroatoms. The maximum atomic E-state index is 12.1. The monoisotopic (exact) mass is 479 g/mol. The molecule has 0 aliphatic carbocycles. The van der Waals surface area contributed by atoms with E-state index in [1.165, 1.54) is 6.92 Å². The van der Waals surface area contributed by atoms with Crippen LogP contribution in [0.3, 0.4) is 0 Å². The van der Waals surface area contributed by atoms with Crippen LogP contribution < -0.4 is 4.74 Å². The quantitative estimate of drug-likeness (QED) is 0.242. The number of esters is 3. The molecule has 0 spiro atoms. The van der Waals surface area contributed by atoms with E-state index in [1.54, 1.807) is 62.4 Å². The molecule has 3 rings (SSSR count). The fraction of sp³-hybridized carbons (Fsp3) is 0.280. The van der Waals surface area contributed by atoms with Crippen LogP contribution in [0.15, 0.2) is 48.5 Å². The summed E-state index contributed by atoms with van der Waals surface area (Å²) in [7, 11) is 0. The zero-order valence-corrected chi connectivity index (χ0v) is 19.6. The molecule has 0 unspecified atom stereocenters. The minimum Gasteiger partial charge on any atom is -0.490 e. The Morgan fingerprint density at radius 1 is 0.686 bits per heavy atom. The molecule has 0 aliphatic rings. The molecule has 0 aromatic carbocycles. The van der Waals surface area contributed by atoms with Gasteiger partial charge in [-0.15, -0.1) is 0 Å². The molecule has 35 heavy (non-hydrogen) atoms. The van der Waals surface area contributed by atoms with Gasteiger partial charge in [0.15, 0.2) is 0 Å². The number of carbonyl (C=O) groups excluding carboxylic acids is 3. The Balaban J connectivity index is 2.01. The average Bonchev–Trinajstić information content (AvgIpc) is 2.87. The number of ether oxygens (including phenoxy) is 4. The van der Waals surface area contributed by atoms with Crippen LogP contribution in [-0.4, -0.2) is 59.3 Å². The van der Waals surface area contributed by atoms with Crippen LogP contribution in [-0.2, 0) is 19.0 Å². The van der Waals surface area contributed by atoms with Crippen LogP contribution in [0.4, 0.5) is 0 Å². The third kappa shape index (κ3) is 7.07. The molecule has 10 nitrogen and oxygen atoms in total.